The van der Waals surface area contributed by atoms with Gasteiger partial charge < -0.3 is 4.74 Å². The third-order valence-corrected chi connectivity index (χ3v) is 1.83. The molecule has 0 spiro atoms. The van der Waals surface area contributed by atoms with Crippen molar-refractivity contribution in [2.75, 3.05) is 6.61 Å². The lowest BCUT2D eigenvalue weighted by Crippen LogP contribution is -2.31. The van der Waals surface area contributed by atoms with Crippen molar-refractivity contribution >= 4 is 6.09 Å². The molecule has 1 N–H and O–H groups in total. The second-order valence-electron chi connectivity index (χ2n) is 2.67. The number of hydrogen-bond acceptors (Lipinski definition) is 2. The van der Waals surface area contributed by atoms with Gasteiger partial charge in [0.25, 0.3) is 0 Å². The van der Waals surface area contributed by atoms with E-state index in [0.29, 0.717) is 6.61 Å². The maximum Gasteiger partial charge on any atom is 0.411 e. The van der Waals surface area contributed by atoms with Gasteiger partial charge in [-0.3, -0.25) is 5.32 Å². The van der Waals surface area contributed by atoms with E-state index in [9.17, 15) is 4.79 Å². The van der Waals surface area contributed by atoms with Crippen LogP contribution in [0.15, 0.2) is 35.6 Å². The van der Waals surface area contributed by atoms with Crippen molar-refractivity contribution in [3.05, 3.63) is 35.6 Å². The topological polar surface area (TPSA) is 38.3 Å². The minimum Gasteiger partial charge on any atom is -0.444 e. The largest absolute Gasteiger partial charge is 0.444 e. The monoisotopic (exact) mass is 163 g/mol. The van der Waals surface area contributed by atoms with E-state index in [1.165, 1.54) is 0 Å². The number of amides is 1. The van der Waals surface area contributed by atoms with Crippen molar-refractivity contribution in [1.29, 1.82) is 0 Å². The Kier molecular flexibility index (Phi) is 1.70. The predicted octanol–water partition coefficient (Wildman–Crippen LogP) is 1.50. The molecule has 0 saturated carbocycles. The Bertz CT molecular complexity index is 300. The molecule has 0 atom stereocenters. The molecule has 0 aromatic carbocycles. The number of fused-ring (bicyclic) bond motifs is 1. The lowest BCUT2D eigenvalue weighted by molar-refractivity contribution is 0.152. The number of cyclic esters (lactones) is 1. The van der Waals surface area contributed by atoms with E-state index in [2.05, 4.69) is 5.32 Å². The number of carbonyl (C=O) groups is 1. The summed E-state index contributed by atoms with van der Waals surface area (Å²) < 4.78 is 4.81. The minimum absolute atomic E-state index is 0.361. The second kappa shape index (κ2) is 2.85. The maximum atomic E-state index is 10.8. The van der Waals surface area contributed by atoms with Gasteiger partial charge in [0.15, 0.2) is 0 Å². The van der Waals surface area contributed by atoms with Crippen LogP contribution in [0.5, 0.6) is 0 Å². The van der Waals surface area contributed by atoms with E-state index in [0.717, 1.165) is 17.7 Å². The Morgan fingerprint density at radius 1 is 1.50 bits per heavy atom. The van der Waals surface area contributed by atoms with Gasteiger partial charge in [-0.25, -0.2) is 4.79 Å². The fourth-order valence-electron chi connectivity index (χ4n) is 1.22. The van der Waals surface area contributed by atoms with Crippen LogP contribution in [0.3, 0.4) is 0 Å². The number of nitrogens with one attached hydrogen (secondary N) is 1. The summed E-state index contributed by atoms with van der Waals surface area (Å²) in [7, 11) is 0. The van der Waals surface area contributed by atoms with Crippen LogP contribution in [0.2, 0.25) is 0 Å². The van der Waals surface area contributed by atoms with Crippen molar-refractivity contribution in [2.24, 2.45) is 0 Å². The zero-order valence-electron chi connectivity index (χ0n) is 6.54. The summed E-state index contributed by atoms with van der Waals surface area (Å²) in [5.74, 6) is 0. The van der Waals surface area contributed by atoms with Gasteiger partial charge in [-0.05, 0) is 6.42 Å². The molecular weight excluding hydrogens is 154 g/mol. The number of rotatable bonds is 0. The molecular formula is C9H9NO2. The molecule has 12 heavy (non-hydrogen) atoms. The fraction of sp³-hybridized carbons (Fsp3) is 0.222. The second-order valence-corrected chi connectivity index (χ2v) is 2.67. The van der Waals surface area contributed by atoms with Crippen molar-refractivity contribution < 1.29 is 9.53 Å². The first-order valence-electron chi connectivity index (χ1n) is 3.86. The van der Waals surface area contributed by atoms with Gasteiger partial charge in [0.2, 0.25) is 0 Å². The summed E-state index contributed by atoms with van der Waals surface area (Å²) in [4.78, 5) is 10.8. The highest BCUT2D eigenvalue weighted by Gasteiger charge is 2.17. The molecule has 2 aliphatic rings. The average Bonchev–Trinajstić information content (AvgIpc) is 2.28. The minimum atomic E-state index is -0.361. The van der Waals surface area contributed by atoms with Gasteiger partial charge in [0.1, 0.15) is 6.61 Å². The summed E-state index contributed by atoms with van der Waals surface area (Å²) in [6.07, 6.45) is 8.44. The lowest BCUT2D eigenvalue weighted by Gasteiger charge is -2.18. The summed E-state index contributed by atoms with van der Waals surface area (Å²) in [5.41, 5.74) is 1.92. The molecule has 1 saturated heterocycles. The molecule has 0 aromatic rings. The number of hydrogen-bond donors (Lipinski definition) is 1. The number of carbonyl (C=O) groups excluding carboxylic acids is 1. The van der Waals surface area contributed by atoms with Crippen LogP contribution in [0.4, 0.5) is 4.79 Å². The van der Waals surface area contributed by atoms with E-state index >= 15 is 0 Å². The van der Waals surface area contributed by atoms with E-state index in [4.69, 9.17) is 4.74 Å². The van der Waals surface area contributed by atoms with E-state index in [1.54, 1.807) is 0 Å². The van der Waals surface area contributed by atoms with Gasteiger partial charge in [0, 0.05) is 11.3 Å². The van der Waals surface area contributed by atoms with Gasteiger partial charge in [0.05, 0.1) is 0 Å². The molecule has 3 nitrogen and oxygen atoms in total. The smallest absolute Gasteiger partial charge is 0.411 e. The summed E-state index contributed by atoms with van der Waals surface area (Å²) >= 11 is 0. The zero-order chi connectivity index (χ0) is 8.39. The average molecular weight is 163 g/mol. The van der Waals surface area contributed by atoms with Crippen molar-refractivity contribution in [3.8, 4) is 0 Å². The predicted molar refractivity (Wildman–Crippen MR) is 44.4 cm³/mol. The van der Waals surface area contributed by atoms with Crippen LogP contribution in [-0.4, -0.2) is 12.7 Å². The number of allylic oxidation sites excluding steroid dienone is 4. The van der Waals surface area contributed by atoms with Crippen LogP contribution >= 0.6 is 0 Å². The molecule has 1 heterocycles. The Hall–Kier alpha value is -1.51. The Balaban J connectivity index is 2.28. The van der Waals surface area contributed by atoms with Crippen molar-refractivity contribution in [3.63, 3.8) is 0 Å². The van der Waals surface area contributed by atoms with Crippen LogP contribution in [0.25, 0.3) is 0 Å². The third kappa shape index (κ3) is 1.25. The van der Waals surface area contributed by atoms with Crippen LogP contribution < -0.4 is 5.32 Å². The SMILES string of the molecule is O=C1NC2=CCC=CC=C2CO1. The van der Waals surface area contributed by atoms with Gasteiger partial charge in [-0.1, -0.05) is 24.3 Å². The molecule has 1 fully saturated rings. The Labute approximate surface area is 70.4 Å². The summed E-state index contributed by atoms with van der Waals surface area (Å²) in [6, 6.07) is 0. The van der Waals surface area contributed by atoms with Gasteiger partial charge in [-0.15, -0.1) is 0 Å². The van der Waals surface area contributed by atoms with Crippen LogP contribution in [-0.2, 0) is 4.74 Å². The molecule has 0 radical (unpaired) electrons. The lowest BCUT2D eigenvalue weighted by atomic mass is 10.1. The third-order valence-electron chi connectivity index (χ3n) is 1.83. The quantitative estimate of drug-likeness (QED) is 0.587. The van der Waals surface area contributed by atoms with Crippen LogP contribution in [0.1, 0.15) is 6.42 Å². The molecule has 0 unspecified atom stereocenters. The zero-order valence-corrected chi connectivity index (χ0v) is 6.54. The first kappa shape index (κ1) is 7.16. The van der Waals surface area contributed by atoms with E-state index in [1.807, 2.05) is 24.3 Å². The van der Waals surface area contributed by atoms with E-state index in [-0.39, 0.29) is 6.09 Å². The molecule has 0 bridgehead atoms. The molecule has 3 heteroatoms. The standard InChI is InChI=1S/C9H9NO2/c11-9-10-8-5-3-1-2-4-7(8)6-12-9/h1-2,4-5H,3,6H2,(H,10,11). The summed E-state index contributed by atoms with van der Waals surface area (Å²) in [6.45, 7) is 0.377. The highest BCUT2D eigenvalue weighted by atomic mass is 16.5. The Morgan fingerprint density at radius 2 is 2.42 bits per heavy atom. The van der Waals surface area contributed by atoms with Crippen molar-refractivity contribution in [2.45, 2.75) is 6.42 Å². The maximum absolute atomic E-state index is 10.8. The van der Waals surface area contributed by atoms with Gasteiger partial charge in [-0.2, -0.15) is 0 Å². The van der Waals surface area contributed by atoms with Crippen molar-refractivity contribution in [1.82, 2.24) is 5.32 Å². The first-order chi connectivity index (χ1) is 5.86. The van der Waals surface area contributed by atoms with Crippen LogP contribution in [0, 0.1) is 0 Å². The highest BCUT2D eigenvalue weighted by Crippen LogP contribution is 2.16. The molecule has 1 aliphatic carbocycles. The molecule has 1 aliphatic heterocycles. The Morgan fingerprint density at radius 3 is 3.33 bits per heavy atom. The van der Waals surface area contributed by atoms with E-state index < -0.39 is 0 Å². The first-order valence-corrected chi connectivity index (χ1v) is 3.86. The van der Waals surface area contributed by atoms with Gasteiger partial charge >= 0.3 is 6.09 Å². The summed E-state index contributed by atoms with van der Waals surface area (Å²) in [5, 5.41) is 2.65. The molecule has 2 rings (SSSR count). The molecule has 1 amide bonds. The normalized spacial score (nSPS) is 21.2. The highest BCUT2D eigenvalue weighted by molar-refractivity contribution is 5.73. The molecule has 62 valence electrons. The number of alkyl carbamates (subject to hydrolysis) is 1. The fourth-order valence-corrected chi connectivity index (χ4v) is 1.22. The number of ether oxygens (including phenoxy) is 1. The molecule has 0 aromatic heterocycles.